The smallest absolute Gasteiger partial charge is 0.306 e. The van der Waals surface area contributed by atoms with Gasteiger partial charge in [0.2, 0.25) is 0 Å². The molecule has 0 saturated carbocycles. The Morgan fingerprint density at radius 3 is 2.55 bits per heavy atom. The molecule has 33 heavy (non-hydrogen) atoms. The van der Waals surface area contributed by atoms with Gasteiger partial charge in [0.15, 0.2) is 0 Å². The molecule has 0 radical (unpaired) electrons. The summed E-state index contributed by atoms with van der Waals surface area (Å²) >= 11 is 5.81. The second-order valence-electron chi connectivity index (χ2n) is 7.09. The highest BCUT2D eigenvalue weighted by Gasteiger charge is 2.37. The predicted molar refractivity (Wildman–Crippen MR) is 118 cm³/mol. The highest BCUT2D eigenvalue weighted by atomic mass is 35.5. The minimum absolute atomic E-state index is 0. The van der Waals surface area contributed by atoms with Crippen LogP contribution in [-0.2, 0) is 6.18 Å². The zero-order valence-electron chi connectivity index (χ0n) is 16.8. The molecule has 174 valence electrons. The molecule has 3 aromatic rings. The highest BCUT2D eigenvalue weighted by molar-refractivity contribution is 7.59. The third-order valence-electron chi connectivity index (χ3n) is 4.89. The van der Waals surface area contributed by atoms with Crippen molar-refractivity contribution in [3.05, 3.63) is 70.4 Å². The van der Waals surface area contributed by atoms with Gasteiger partial charge in [-0.25, -0.2) is 9.37 Å². The number of nitrogens with one attached hydrogen (secondary N) is 1. The van der Waals surface area contributed by atoms with Gasteiger partial charge < -0.3 is 10.2 Å². The van der Waals surface area contributed by atoms with Crippen LogP contribution in [0.3, 0.4) is 0 Å². The zero-order valence-corrected chi connectivity index (χ0v) is 18.6. The lowest BCUT2D eigenvalue weighted by Crippen LogP contribution is -2.43. The van der Waals surface area contributed by atoms with E-state index in [2.05, 4.69) is 15.4 Å². The lowest BCUT2D eigenvalue weighted by molar-refractivity contribution is -0.137. The summed E-state index contributed by atoms with van der Waals surface area (Å²) in [5.41, 5.74) is -0.966. The van der Waals surface area contributed by atoms with Crippen molar-refractivity contribution in [2.24, 2.45) is 0 Å². The number of nitrogens with zero attached hydrogens (tertiary/aromatic N) is 4. The van der Waals surface area contributed by atoms with Crippen molar-refractivity contribution in [2.45, 2.75) is 19.1 Å². The summed E-state index contributed by atoms with van der Waals surface area (Å²) < 4.78 is 53.4. The van der Waals surface area contributed by atoms with E-state index in [4.69, 9.17) is 11.6 Å². The van der Waals surface area contributed by atoms with Gasteiger partial charge >= 0.3 is 6.18 Å². The van der Waals surface area contributed by atoms with Crippen molar-refractivity contribution in [3.8, 4) is 0 Å². The average Bonchev–Trinajstić information content (AvgIpc) is 3.17. The molecule has 1 aliphatic rings. The molecule has 0 saturated heterocycles. The molecule has 0 fully saturated rings. The van der Waals surface area contributed by atoms with E-state index < -0.39 is 34.4 Å². The number of aromatic nitrogens is 3. The van der Waals surface area contributed by atoms with Crippen LogP contribution in [0.5, 0.6) is 0 Å². The number of hydrogen-bond acceptors (Lipinski definition) is 4. The Bertz CT molecular complexity index is 1220. The first-order valence-corrected chi connectivity index (χ1v) is 9.63. The zero-order chi connectivity index (χ0) is 23.2. The molecule has 1 N–H and O–H groups in total. The Morgan fingerprint density at radius 2 is 1.94 bits per heavy atom. The van der Waals surface area contributed by atoms with Gasteiger partial charge in [-0.15, -0.1) is 0 Å². The van der Waals surface area contributed by atoms with Gasteiger partial charge in [0.25, 0.3) is 11.8 Å². The van der Waals surface area contributed by atoms with Gasteiger partial charge in [-0.05, 0) is 37.3 Å². The van der Waals surface area contributed by atoms with Crippen molar-refractivity contribution in [2.75, 3.05) is 16.8 Å². The highest BCUT2D eigenvalue weighted by Crippen LogP contribution is 2.37. The molecule has 0 unspecified atom stereocenters. The summed E-state index contributed by atoms with van der Waals surface area (Å²) in [5, 5.41) is 6.02. The summed E-state index contributed by atoms with van der Waals surface area (Å²) in [7, 11) is 0. The number of amides is 2. The Balaban J connectivity index is 0.00000306. The molecule has 2 aromatic heterocycles. The van der Waals surface area contributed by atoms with E-state index in [0.717, 1.165) is 30.5 Å². The second kappa shape index (κ2) is 9.02. The number of anilines is 2. The van der Waals surface area contributed by atoms with Crippen LogP contribution in [0.25, 0.3) is 0 Å². The molecule has 2 amide bonds. The molecule has 3 heterocycles. The number of pyridine rings is 1. The van der Waals surface area contributed by atoms with E-state index in [1.165, 1.54) is 21.8 Å². The number of rotatable bonds is 3. The SMILES string of the molecule is C[C@H]1CN(c2ccc(C(F)(F)F)c(Cl)c2)C(=O)c2c(C(=O)Nc3ccc(F)cn3)cnn21.S. The topological polar surface area (TPSA) is 80.1 Å². The Morgan fingerprint density at radius 1 is 1.21 bits per heavy atom. The fraction of sp³-hybridized carbons (Fsp3) is 0.200. The van der Waals surface area contributed by atoms with Crippen LogP contribution in [-0.4, -0.2) is 33.1 Å². The normalized spacial score (nSPS) is 15.6. The summed E-state index contributed by atoms with van der Waals surface area (Å²) in [6, 6.07) is 4.99. The minimum Gasteiger partial charge on any atom is -0.306 e. The van der Waals surface area contributed by atoms with Crippen LogP contribution in [0.15, 0.2) is 42.7 Å². The van der Waals surface area contributed by atoms with Gasteiger partial charge in [-0.3, -0.25) is 14.3 Å². The van der Waals surface area contributed by atoms with Gasteiger partial charge in [0.05, 0.1) is 34.6 Å². The monoisotopic (exact) mass is 501 g/mol. The van der Waals surface area contributed by atoms with Crippen LogP contribution < -0.4 is 10.2 Å². The van der Waals surface area contributed by atoms with E-state index in [1.54, 1.807) is 6.92 Å². The van der Waals surface area contributed by atoms with E-state index in [1.807, 2.05) is 0 Å². The first kappa shape index (κ1) is 24.5. The molecule has 13 heteroatoms. The number of fused-ring (bicyclic) bond motifs is 1. The number of carbonyl (C=O) groups is 2. The second-order valence-corrected chi connectivity index (χ2v) is 7.50. The van der Waals surface area contributed by atoms with Crippen LogP contribution in [0.1, 0.15) is 39.4 Å². The molecule has 1 aliphatic heterocycles. The molecule has 1 atom stereocenters. The van der Waals surface area contributed by atoms with Crippen molar-refractivity contribution < 1.29 is 27.2 Å². The van der Waals surface area contributed by atoms with Crippen LogP contribution in [0, 0.1) is 5.82 Å². The molecule has 1 aromatic carbocycles. The maximum atomic E-state index is 13.2. The molecular formula is C20H16ClF4N5O2S. The number of alkyl halides is 3. The predicted octanol–water partition coefficient (Wildman–Crippen LogP) is 4.68. The summed E-state index contributed by atoms with van der Waals surface area (Å²) in [5.74, 6) is -1.84. The van der Waals surface area contributed by atoms with Crippen molar-refractivity contribution >= 4 is 48.4 Å². The van der Waals surface area contributed by atoms with Gasteiger partial charge in [-0.2, -0.15) is 31.8 Å². The molecule has 4 rings (SSSR count). The fourth-order valence-corrected chi connectivity index (χ4v) is 3.67. The lowest BCUT2D eigenvalue weighted by Gasteiger charge is -2.32. The van der Waals surface area contributed by atoms with E-state index in [-0.39, 0.29) is 48.8 Å². The standard InChI is InChI=1S/C20H14ClF4N5O2.H2S/c1-10-9-29(12-3-4-14(15(21)6-12)20(23,24)25)19(32)17-13(8-27-30(10)17)18(31)28-16-5-2-11(22)7-26-16;/h2-8,10H,9H2,1H3,(H,26,28,31);1H2/t10-;/m0./s1. The third kappa shape index (κ3) is 4.67. The first-order valence-electron chi connectivity index (χ1n) is 9.25. The van der Waals surface area contributed by atoms with Crippen molar-refractivity contribution in [1.29, 1.82) is 0 Å². The summed E-state index contributed by atoms with van der Waals surface area (Å²) in [6.07, 6.45) is -2.49. The van der Waals surface area contributed by atoms with E-state index in [0.29, 0.717) is 0 Å². The molecule has 7 nitrogen and oxygen atoms in total. The maximum absolute atomic E-state index is 13.2. The van der Waals surface area contributed by atoms with Crippen LogP contribution in [0.4, 0.5) is 29.1 Å². The summed E-state index contributed by atoms with van der Waals surface area (Å²) in [6.45, 7) is 1.85. The first-order chi connectivity index (χ1) is 15.1. The Kier molecular flexibility index (Phi) is 6.70. The lowest BCUT2D eigenvalue weighted by atomic mass is 10.1. The Labute approximate surface area is 196 Å². The van der Waals surface area contributed by atoms with E-state index in [9.17, 15) is 27.2 Å². The third-order valence-corrected chi connectivity index (χ3v) is 5.20. The largest absolute Gasteiger partial charge is 0.417 e. The quantitative estimate of drug-likeness (QED) is 0.529. The average molecular weight is 502 g/mol. The van der Waals surface area contributed by atoms with Gasteiger partial charge in [0.1, 0.15) is 17.3 Å². The Hall–Kier alpha value is -3.12. The fourth-order valence-electron chi connectivity index (χ4n) is 3.39. The minimum atomic E-state index is -4.63. The molecule has 0 aliphatic carbocycles. The summed E-state index contributed by atoms with van der Waals surface area (Å²) in [4.78, 5) is 30.9. The van der Waals surface area contributed by atoms with Crippen molar-refractivity contribution in [1.82, 2.24) is 14.8 Å². The van der Waals surface area contributed by atoms with Gasteiger partial charge in [-0.1, -0.05) is 11.6 Å². The maximum Gasteiger partial charge on any atom is 0.417 e. The molecular weight excluding hydrogens is 486 g/mol. The number of halogens is 5. The van der Waals surface area contributed by atoms with E-state index >= 15 is 0 Å². The van der Waals surface area contributed by atoms with Crippen LogP contribution >= 0.6 is 25.1 Å². The van der Waals surface area contributed by atoms with Crippen LogP contribution in [0.2, 0.25) is 5.02 Å². The van der Waals surface area contributed by atoms with Gasteiger partial charge in [0, 0.05) is 12.2 Å². The molecule has 0 bridgehead atoms. The number of carbonyl (C=O) groups excluding carboxylic acids is 2. The molecule has 0 spiro atoms. The van der Waals surface area contributed by atoms with Crippen molar-refractivity contribution in [3.63, 3.8) is 0 Å². The number of hydrogen-bond donors (Lipinski definition) is 1. The number of benzene rings is 1.